The molecule has 2 aromatic carbocycles. The molecule has 1 heterocycles. The Morgan fingerprint density at radius 1 is 1.17 bits per heavy atom. The molecule has 5 heteroatoms. The van der Waals surface area contributed by atoms with Crippen molar-refractivity contribution in [3.8, 4) is 0 Å². The van der Waals surface area contributed by atoms with Crippen LogP contribution in [0.25, 0.3) is 0 Å². The molecule has 0 unspecified atom stereocenters. The van der Waals surface area contributed by atoms with Crippen molar-refractivity contribution in [3.63, 3.8) is 0 Å². The number of anilines is 1. The number of ketones is 1. The number of thioether (sulfide) groups is 1. The Balaban J connectivity index is 1.86. The lowest BCUT2D eigenvalue weighted by Gasteiger charge is -2.27. The highest BCUT2D eigenvalue weighted by atomic mass is 79.9. The number of aryl methyl sites for hydroxylation is 1. The molecule has 0 amide bonds. The third-order valence-electron chi connectivity index (χ3n) is 3.83. The lowest BCUT2D eigenvalue weighted by Crippen LogP contribution is -2.35. The van der Waals surface area contributed by atoms with Gasteiger partial charge in [0.1, 0.15) is 0 Å². The van der Waals surface area contributed by atoms with Crippen molar-refractivity contribution >= 4 is 44.3 Å². The number of carbonyl (C=O) groups excluding carboxylic acids is 1. The molecular weight excluding hydrogens is 384 g/mol. The summed E-state index contributed by atoms with van der Waals surface area (Å²) in [6, 6.07) is 15.8. The third-order valence-corrected chi connectivity index (χ3v) is 5.45. The van der Waals surface area contributed by atoms with Crippen LogP contribution in [0.1, 0.15) is 22.3 Å². The highest BCUT2D eigenvalue weighted by Gasteiger charge is 2.20. The Labute approximate surface area is 155 Å². The standard InChI is InChI=1S/C19H19BrN2OS/c1-14-3-5-15(6-4-14)18(23)13-22(19-21-11-2-12-24-19)17-9-7-16(20)8-10-17/h3-10H,2,11-13H2,1H3. The minimum atomic E-state index is 0.104. The number of Topliss-reactive ketones (excluding diaryl/α,β-unsaturated/α-hetero) is 1. The molecule has 0 fully saturated rings. The Bertz CT molecular complexity index is 741. The summed E-state index contributed by atoms with van der Waals surface area (Å²) < 4.78 is 1.02. The van der Waals surface area contributed by atoms with Gasteiger partial charge in [0.05, 0.1) is 6.54 Å². The second kappa shape index (κ2) is 7.99. The van der Waals surface area contributed by atoms with Crippen molar-refractivity contribution in [2.45, 2.75) is 13.3 Å². The van der Waals surface area contributed by atoms with Crippen LogP contribution in [0.5, 0.6) is 0 Å². The van der Waals surface area contributed by atoms with Gasteiger partial charge in [-0.05, 0) is 37.6 Å². The second-order valence-corrected chi connectivity index (χ2v) is 7.70. The van der Waals surface area contributed by atoms with Crippen molar-refractivity contribution in [3.05, 3.63) is 64.1 Å². The lowest BCUT2D eigenvalue weighted by molar-refractivity contribution is 0.100. The maximum atomic E-state index is 12.7. The van der Waals surface area contributed by atoms with Crippen LogP contribution >= 0.6 is 27.7 Å². The maximum Gasteiger partial charge on any atom is 0.182 e. The largest absolute Gasteiger partial charge is 0.313 e. The highest BCUT2D eigenvalue weighted by Crippen LogP contribution is 2.25. The van der Waals surface area contributed by atoms with Crippen molar-refractivity contribution in [2.75, 3.05) is 23.7 Å². The average molecular weight is 403 g/mol. The fourth-order valence-electron chi connectivity index (χ4n) is 2.48. The molecule has 0 saturated heterocycles. The van der Waals surface area contributed by atoms with E-state index < -0.39 is 0 Å². The summed E-state index contributed by atoms with van der Waals surface area (Å²) in [6.07, 6.45) is 1.09. The molecule has 0 atom stereocenters. The van der Waals surface area contributed by atoms with Crippen molar-refractivity contribution in [2.24, 2.45) is 4.99 Å². The number of carbonyl (C=O) groups is 1. The average Bonchev–Trinajstić information content (AvgIpc) is 2.62. The Morgan fingerprint density at radius 2 is 1.88 bits per heavy atom. The molecule has 1 aliphatic rings. The van der Waals surface area contributed by atoms with E-state index in [-0.39, 0.29) is 5.78 Å². The molecule has 1 aliphatic heterocycles. The highest BCUT2D eigenvalue weighted by molar-refractivity contribution is 9.10. The van der Waals surface area contributed by atoms with E-state index in [2.05, 4.69) is 20.9 Å². The van der Waals surface area contributed by atoms with Crippen LogP contribution < -0.4 is 4.90 Å². The van der Waals surface area contributed by atoms with Gasteiger partial charge in [0.15, 0.2) is 11.0 Å². The predicted octanol–water partition coefficient (Wildman–Crippen LogP) is 4.94. The van der Waals surface area contributed by atoms with Gasteiger partial charge in [0, 0.05) is 28.0 Å². The van der Waals surface area contributed by atoms with Gasteiger partial charge in [-0.2, -0.15) is 0 Å². The molecule has 3 nitrogen and oxygen atoms in total. The zero-order chi connectivity index (χ0) is 16.9. The molecule has 0 saturated carbocycles. The first-order valence-electron chi connectivity index (χ1n) is 7.94. The summed E-state index contributed by atoms with van der Waals surface area (Å²) in [5.41, 5.74) is 2.89. The lowest BCUT2D eigenvalue weighted by atomic mass is 10.1. The van der Waals surface area contributed by atoms with E-state index >= 15 is 0 Å². The first-order valence-corrected chi connectivity index (χ1v) is 9.71. The summed E-state index contributed by atoms with van der Waals surface area (Å²) in [4.78, 5) is 19.4. The minimum Gasteiger partial charge on any atom is -0.313 e. The fraction of sp³-hybridized carbons (Fsp3) is 0.263. The van der Waals surface area contributed by atoms with E-state index in [1.165, 1.54) is 0 Å². The zero-order valence-corrected chi connectivity index (χ0v) is 15.9. The maximum absolute atomic E-state index is 12.7. The quantitative estimate of drug-likeness (QED) is 0.678. The predicted molar refractivity (Wildman–Crippen MR) is 106 cm³/mol. The van der Waals surface area contributed by atoms with Crippen molar-refractivity contribution < 1.29 is 4.79 Å². The number of aliphatic imine (C=N–C) groups is 1. The molecule has 0 aliphatic carbocycles. The first kappa shape index (κ1) is 17.2. The molecule has 24 heavy (non-hydrogen) atoms. The van der Waals surface area contributed by atoms with E-state index in [0.29, 0.717) is 6.54 Å². The fourth-order valence-corrected chi connectivity index (χ4v) is 3.71. The zero-order valence-electron chi connectivity index (χ0n) is 13.5. The Morgan fingerprint density at radius 3 is 2.50 bits per heavy atom. The summed E-state index contributed by atoms with van der Waals surface area (Å²) >= 11 is 5.19. The van der Waals surface area contributed by atoms with Gasteiger partial charge in [0.2, 0.25) is 0 Å². The van der Waals surface area contributed by atoms with Gasteiger partial charge in [-0.3, -0.25) is 9.79 Å². The van der Waals surface area contributed by atoms with E-state index in [1.807, 2.05) is 60.4 Å². The first-order chi connectivity index (χ1) is 11.6. The molecule has 0 bridgehead atoms. The smallest absolute Gasteiger partial charge is 0.182 e. The van der Waals surface area contributed by atoms with Gasteiger partial charge in [-0.1, -0.05) is 57.5 Å². The van der Waals surface area contributed by atoms with Crippen LogP contribution in [0.2, 0.25) is 0 Å². The van der Waals surface area contributed by atoms with Crippen molar-refractivity contribution in [1.29, 1.82) is 0 Å². The summed E-state index contributed by atoms with van der Waals surface area (Å²) in [5.74, 6) is 1.15. The van der Waals surface area contributed by atoms with E-state index in [4.69, 9.17) is 0 Å². The number of hydrogen-bond donors (Lipinski definition) is 0. The molecule has 0 aromatic heterocycles. The normalized spacial score (nSPS) is 14.2. The van der Waals surface area contributed by atoms with Crippen molar-refractivity contribution in [1.82, 2.24) is 0 Å². The molecule has 0 N–H and O–H groups in total. The Kier molecular flexibility index (Phi) is 5.74. The van der Waals surface area contributed by atoms with Gasteiger partial charge in [-0.15, -0.1) is 0 Å². The SMILES string of the molecule is Cc1ccc(C(=O)CN(C2=NCCCS2)c2ccc(Br)cc2)cc1. The van der Waals surface area contributed by atoms with Gasteiger partial charge >= 0.3 is 0 Å². The van der Waals surface area contributed by atoms with Crippen LogP contribution in [-0.2, 0) is 0 Å². The number of benzene rings is 2. The Hall–Kier alpha value is -1.59. The molecule has 3 rings (SSSR count). The molecular formula is C19H19BrN2OS. The molecule has 0 spiro atoms. The topological polar surface area (TPSA) is 32.7 Å². The minimum absolute atomic E-state index is 0.104. The van der Waals surface area contributed by atoms with E-state index in [9.17, 15) is 4.79 Å². The molecule has 124 valence electrons. The molecule has 2 aromatic rings. The van der Waals surface area contributed by atoms with Gasteiger partial charge in [0.25, 0.3) is 0 Å². The number of halogens is 1. The summed E-state index contributed by atoms with van der Waals surface area (Å²) in [6.45, 7) is 3.15. The van der Waals surface area contributed by atoms with Crippen LogP contribution in [0.4, 0.5) is 5.69 Å². The second-order valence-electron chi connectivity index (χ2n) is 5.72. The van der Waals surface area contributed by atoms with E-state index in [1.54, 1.807) is 11.8 Å². The van der Waals surface area contributed by atoms with Gasteiger partial charge in [-0.25, -0.2) is 0 Å². The van der Waals surface area contributed by atoms with Crippen LogP contribution in [0.15, 0.2) is 58.0 Å². The summed E-state index contributed by atoms with van der Waals surface area (Å²) in [5, 5.41) is 0.934. The third kappa shape index (κ3) is 4.28. The number of nitrogens with zero attached hydrogens (tertiary/aromatic N) is 2. The number of rotatable bonds is 4. The molecule has 0 radical (unpaired) electrons. The van der Waals surface area contributed by atoms with Gasteiger partial charge < -0.3 is 4.90 Å². The van der Waals surface area contributed by atoms with Crippen LogP contribution in [0.3, 0.4) is 0 Å². The number of amidine groups is 1. The monoisotopic (exact) mass is 402 g/mol. The van der Waals surface area contributed by atoms with Crippen LogP contribution in [-0.4, -0.2) is 29.8 Å². The summed E-state index contributed by atoms with van der Waals surface area (Å²) in [7, 11) is 0. The number of hydrogen-bond acceptors (Lipinski definition) is 4. The van der Waals surface area contributed by atoms with Crippen LogP contribution in [0, 0.1) is 6.92 Å². The van der Waals surface area contributed by atoms with E-state index in [0.717, 1.165) is 45.2 Å².